The Morgan fingerprint density at radius 3 is 2.83 bits per heavy atom. The summed E-state index contributed by atoms with van der Waals surface area (Å²) in [7, 11) is 1.64. The molecule has 2 N–H and O–H groups in total. The Bertz CT molecular complexity index is 541. The molecule has 2 aromatic rings. The summed E-state index contributed by atoms with van der Waals surface area (Å²) in [6, 6.07) is 11.4. The van der Waals surface area contributed by atoms with Crippen molar-refractivity contribution < 1.29 is 9.47 Å². The molecule has 4 heteroatoms. The van der Waals surface area contributed by atoms with Gasteiger partial charge in [-0.1, -0.05) is 12.1 Å². The summed E-state index contributed by atoms with van der Waals surface area (Å²) in [5.41, 5.74) is 8.23. The monoisotopic (exact) mass is 244 g/mol. The van der Waals surface area contributed by atoms with Gasteiger partial charge < -0.3 is 15.2 Å². The number of methoxy groups -OCH3 is 1. The fourth-order valence-corrected chi connectivity index (χ4v) is 1.57. The van der Waals surface area contributed by atoms with Crippen molar-refractivity contribution in [3.63, 3.8) is 0 Å². The minimum atomic E-state index is 0.415. The number of hydrogen-bond acceptors (Lipinski definition) is 4. The van der Waals surface area contributed by atoms with E-state index >= 15 is 0 Å². The number of aryl methyl sites for hydroxylation is 1. The molecule has 0 aliphatic rings. The molecule has 0 spiro atoms. The predicted molar refractivity (Wildman–Crippen MR) is 70.7 cm³/mol. The molecule has 1 heterocycles. The second-order valence-electron chi connectivity index (χ2n) is 3.99. The molecule has 0 radical (unpaired) electrons. The summed E-state index contributed by atoms with van der Waals surface area (Å²) >= 11 is 0. The maximum Gasteiger partial charge on any atom is 0.237 e. The number of pyridine rings is 1. The molecule has 94 valence electrons. The van der Waals surface area contributed by atoms with Crippen molar-refractivity contribution in [2.24, 2.45) is 0 Å². The van der Waals surface area contributed by atoms with E-state index < -0.39 is 0 Å². The molecule has 4 nitrogen and oxygen atoms in total. The first-order chi connectivity index (χ1) is 8.69. The fourth-order valence-electron chi connectivity index (χ4n) is 1.57. The van der Waals surface area contributed by atoms with Gasteiger partial charge in [0.1, 0.15) is 12.4 Å². The van der Waals surface area contributed by atoms with Crippen molar-refractivity contribution in [3.8, 4) is 11.6 Å². The zero-order chi connectivity index (χ0) is 13.0. The molecule has 0 aliphatic heterocycles. The third-order valence-electron chi connectivity index (χ3n) is 2.54. The largest absolute Gasteiger partial charge is 0.497 e. The third kappa shape index (κ3) is 2.91. The lowest BCUT2D eigenvalue weighted by Crippen LogP contribution is -2.01. The van der Waals surface area contributed by atoms with E-state index in [4.69, 9.17) is 15.2 Å². The van der Waals surface area contributed by atoms with Gasteiger partial charge in [0.25, 0.3) is 0 Å². The Morgan fingerprint density at radius 2 is 2.06 bits per heavy atom. The smallest absolute Gasteiger partial charge is 0.237 e. The minimum absolute atomic E-state index is 0.415. The molecule has 0 aliphatic carbocycles. The summed E-state index contributed by atoms with van der Waals surface area (Å²) in [5, 5.41) is 0. The molecule has 18 heavy (non-hydrogen) atoms. The van der Waals surface area contributed by atoms with Gasteiger partial charge in [-0.15, -0.1) is 0 Å². The first-order valence-corrected chi connectivity index (χ1v) is 5.68. The summed E-state index contributed by atoms with van der Waals surface area (Å²) in [5.74, 6) is 1.28. The lowest BCUT2D eigenvalue weighted by molar-refractivity contribution is 0.294. The van der Waals surface area contributed by atoms with Crippen molar-refractivity contribution in [1.29, 1.82) is 0 Å². The highest BCUT2D eigenvalue weighted by Gasteiger charge is 2.03. The minimum Gasteiger partial charge on any atom is -0.497 e. The highest BCUT2D eigenvalue weighted by molar-refractivity contribution is 5.48. The third-order valence-corrected chi connectivity index (χ3v) is 2.54. The maximum atomic E-state index is 5.80. The van der Waals surface area contributed by atoms with Gasteiger partial charge >= 0.3 is 0 Å². The molecule has 1 aromatic carbocycles. The van der Waals surface area contributed by atoms with Crippen LogP contribution < -0.4 is 15.2 Å². The number of hydrogen-bond donors (Lipinski definition) is 1. The van der Waals surface area contributed by atoms with Gasteiger partial charge in [0.15, 0.2) is 0 Å². The number of nitrogens with two attached hydrogens (primary N) is 1. The van der Waals surface area contributed by atoms with Crippen LogP contribution in [0.15, 0.2) is 36.4 Å². The van der Waals surface area contributed by atoms with E-state index in [-0.39, 0.29) is 0 Å². The van der Waals surface area contributed by atoms with Crippen LogP contribution in [-0.4, -0.2) is 12.1 Å². The van der Waals surface area contributed by atoms with Crippen LogP contribution >= 0.6 is 0 Å². The average molecular weight is 244 g/mol. The SMILES string of the molecule is COc1cccc(COc2nc(C)ccc2N)c1. The van der Waals surface area contributed by atoms with Crippen molar-refractivity contribution in [1.82, 2.24) is 4.98 Å². The number of rotatable bonds is 4. The number of nitrogens with zero attached hydrogens (tertiary/aromatic N) is 1. The molecule has 0 saturated carbocycles. The Morgan fingerprint density at radius 1 is 1.22 bits per heavy atom. The van der Waals surface area contributed by atoms with E-state index in [0.29, 0.717) is 18.2 Å². The molecule has 1 aromatic heterocycles. The standard InChI is InChI=1S/C14H16N2O2/c1-10-6-7-13(15)14(16-10)18-9-11-4-3-5-12(8-11)17-2/h3-8H,9,15H2,1-2H3. The van der Waals surface area contributed by atoms with Gasteiger partial charge in [-0.2, -0.15) is 0 Å². The molecule has 0 fully saturated rings. The zero-order valence-corrected chi connectivity index (χ0v) is 10.5. The zero-order valence-electron chi connectivity index (χ0n) is 10.5. The number of nitrogen functional groups attached to an aromatic ring is 1. The first kappa shape index (κ1) is 12.2. The van der Waals surface area contributed by atoms with Gasteiger partial charge in [-0.05, 0) is 36.8 Å². The van der Waals surface area contributed by atoms with Crippen LogP contribution in [0.1, 0.15) is 11.3 Å². The van der Waals surface area contributed by atoms with Gasteiger partial charge in [0.05, 0.1) is 12.8 Å². The Labute approximate surface area is 106 Å². The van der Waals surface area contributed by atoms with E-state index in [1.807, 2.05) is 37.3 Å². The second kappa shape index (κ2) is 5.40. The van der Waals surface area contributed by atoms with Crippen LogP contribution in [0.25, 0.3) is 0 Å². The summed E-state index contributed by atoms with van der Waals surface area (Å²) in [4.78, 5) is 4.25. The van der Waals surface area contributed by atoms with Crippen molar-refractivity contribution in [2.75, 3.05) is 12.8 Å². The van der Waals surface area contributed by atoms with Crippen LogP contribution in [0.2, 0.25) is 0 Å². The highest BCUT2D eigenvalue weighted by atomic mass is 16.5. The van der Waals surface area contributed by atoms with Crippen LogP contribution in [0.4, 0.5) is 5.69 Å². The lowest BCUT2D eigenvalue weighted by atomic mass is 10.2. The van der Waals surface area contributed by atoms with Gasteiger partial charge in [-0.25, -0.2) is 4.98 Å². The molecular weight excluding hydrogens is 228 g/mol. The fraction of sp³-hybridized carbons (Fsp3) is 0.214. The molecule has 0 saturated heterocycles. The topological polar surface area (TPSA) is 57.4 Å². The molecular formula is C14H16N2O2. The quantitative estimate of drug-likeness (QED) is 0.898. The summed E-state index contributed by atoms with van der Waals surface area (Å²) < 4.78 is 10.8. The molecule has 0 bridgehead atoms. The maximum absolute atomic E-state index is 5.80. The Kier molecular flexibility index (Phi) is 3.67. The van der Waals surface area contributed by atoms with Gasteiger partial charge in [-0.3, -0.25) is 0 Å². The number of aromatic nitrogens is 1. The van der Waals surface area contributed by atoms with Crippen molar-refractivity contribution >= 4 is 5.69 Å². The highest BCUT2D eigenvalue weighted by Crippen LogP contribution is 2.20. The van der Waals surface area contributed by atoms with Crippen molar-refractivity contribution in [2.45, 2.75) is 13.5 Å². The van der Waals surface area contributed by atoms with Crippen LogP contribution in [0.5, 0.6) is 11.6 Å². The molecule has 0 unspecified atom stereocenters. The van der Waals surface area contributed by atoms with E-state index in [1.54, 1.807) is 13.2 Å². The number of anilines is 1. The van der Waals surface area contributed by atoms with Gasteiger partial charge in [0.2, 0.25) is 5.88 Å². The van der Waals surface area contributed by atoms with Crippen molar-refractivity contribution in [3.05, 3.63) is 47.7 Å². The van der Waals surface area contributed by atoms with Crippen LogP contribution in [-0.2, 0) is 6.61 Å². The van der Waals surface area contributed by atoms with E-state index in [1.165, 1.54) is 0 Å². The lowest BCUT2D eigenvalue weighted by Gasteiger charge is -2.09. The van der Waals surface area contributed by atoms with E-state index in [9.17, 15) is 0 Å². The van der Waals surface area contributed by atoms with Crippen LogP contribution in [0.3, 0.4) is 0 Å². The average Bonchev–Trinajstić information content (AvgIpc) is 2.40. The second-order valence-corrected chi connectivity index (χ2v) is 3.99. The molecule has 0 amide bonds. The normalized spacial score (nSPS) is 10.1. The first-order valence-electron chi connectivity index (χ1n) is 5.68. The summed E-state index contributed by atoms with van der Waals surface area (Å²) in [6.07, 6.45) is 0. The Hall–Kier alpha value is -2.23. The predicted octanol–water partition coefficient (Wildman–Crippen LogP) is 2.56. The van der Waals surface area contributed by atoms with Crippen LogP contribution in [0, 0.1) is 6.92 Å². The number of ether oxygens (including phenoxy) is 2. The Balaban J connectivity index is 2.08. The summed E-state index contributed by atoms with van der Waals surface area (Å²) in [6.45, 7) is 2.32. The number of benzene rings is 1. The van der Waals surface area contributed by atoms with Gasteiger partial charge in [0, 0.05) is 5.69 Å². The van der Waals surface area contributed by atoms with E-state index in [2.05, 4.69) is 4.98 Å². The van der Waals surface area contributed by atoms with E-state index in [0.717, 1.165) is 17.0 Å². The molecule has 2 rings (SSSR count). The molecule has 0 atom stereocenters.